The van der Waals surface area contributed by atoms with Crippen molar-refractivity contribution in [2.45, 2.75) is 31.3 Å². The number of nitrogens with one attached hydrogen (secondary N) is 1. The monoisotopic (exact) mass is 358 g/mol. The maximum atomic E-state index is 12.8. The first kappa shape index (κ1) is 18.3. The number of aryl methyl sites for hydroxylation is 1. The Hall–Kier alpha value is -2.54. The smallest absolute Gasteiger partial charge is 0.224 e. The molecule has 3 rings (SSSR count). The molecule has 1 aliphatic rings. The van der Waals surface area contributed by atoms with E-state index in [1.54, 1.807) is 26.5 Å². The lowest BCUT2D eigenvalue weighted by Gasteiger charge is -2.22. The van der Waals surface area contributed by atoms with Crippen LogP contribution in [0.5, 0.6) is 11.5 Å². The lowest BCUT2D eigenvalue weighted by Crippen LogP contribution is -2.35. The van der Waals surface area contributed by atoms with Gasteiger partial charge in [-0.1, -0.05) is 0 Å². The summed E-state index contributed by atoms with van der Waals surface area (Å²) in [6.07, 6.45) is 6.01. The van der Waals surface area contributed by atoms with E-state index in [1.165, 1.54) is 0 Å². The Morgan fingerprint density at radius 1 is 1.27 bits per heavy atom. The molecule has 3 atom stereocenters. The topological polar surface area (TPSA) is 91.4 Å². The van der Waals surface area contributed by atoms with Crippen molar-refractivity contribution in [1.82, 2.24) is 14.9 Å². The first-order chi connectivity index (χ1) is 12.5. The Bertz CT molecular complexity index is 752. The molecule has 1 aliphatic carbocycles. The molecule has 1 amide bonds. The molecule has 0 saturated heterocycles. The van der Waals surface area contributed by atoms with Gasteiger partial charge in [0, 0.05) is 37.5 Å². The van der Waals surface area contributed by atoms with Crippen LogP contribution in [0.3, 0.4) is 0 Å². The fourth-order valence-electron chi connectivity index (χ4n) is 3.46. The molecule has 1 fully saturated rings. The molecule has 3 N–H and O–H groups in total. The molecule has 2 aromatic rings. The summed E-state index contributed by atoms with van der Waals surface area (Å²) in [7, 11) is 5.12. The highest BCUT2D eigenvalue weighted by Crippen LogP contribution is 2.31. The van der Waals surface area contributed by atoms with Crippen LogP contribution in [0.25, 0.3) is 0 Å². The van der Waals surface area contributed by atoms with Gasteiger partial charge in [0.2, 0.25) is 5.91 Å². The zero-order chi connectivity index (χ0) is 18.7. The number of amides is 1. The number of carbonyl (C=O) groups excluding carboxylic acids is 1. The Morgan fingerprint density at radius 3 is 2.46 bits per heavy atom. The highest BCUT2D eigenvalue weighted by molar-refractivity contribution is 5.80. The van der Waals surface area contributed by atoms with Gasteiger partial charge in [-0.3, -0.25) is 4.79 Å². The predicted molar refractivity (Wildman–Crippen MR) is 98.1 cm³/mol. The third-order valence-electron chi connectivity index (χ3n) is 4.95. The van der Waals surface area contributed by atoms with Crippen molar-refractivity contribution in [2.75, 3.05) is 14.2 Å². The van der Waals surface area contributed by atoms with E-state index < -0.39 is 6.04 Å². The molecule has 140 valence electrons. The van der Waals surface area contributed by atoms with Gasteiger partial charge in [-0.15, -0.1) is 0 Å². The molecule has 0 radical (unpaired) electrons. The summed E-state index contributed by atoms with van der Waals surface area (Å²) in [6.45, 7) is 0. The lowest BCUT2D eigenvalue weighted by molar-refractivity contribution is -0.125. The second-order valence-electron chi connectivity index (χ2n) is 6.75. The van der Waals surface area contributed by atoms with E-state index in [9.17, 15) is 4.79 Å². The van der Waals surface area contributed by atoms with Gasteiger partial charge in [-0.05, 0) is 37.0 Å². The van der Waals surface area contributed by atoms with E-state index in [0.717, 1.165) is 30.7 Å². The fourth-order valence-corrected chi connectivity index (χ4v) is 3.46. The van der Waals surface area contributed by atoms with Gasteiger partial charge in [0.15, 0.2) is 0 Å². The van der Waals surface area contributed by atoms with Crippen LogP contribution in [0.1, 0.15) is 36.7 Å². The van der Waals surface area contributed by atoms with Gasteiger partial charge in [-0.25, -0.2) is 4.98 Å². The summed E-state index contributed by atoms with van der Waals surface area (Å²) in [5.74, 6) is 2.02. The first-order valence-electron chi connectivity index (χ1n) is 8.78. The van der Waals surface area contributed by atoms with Gasteiger partial charge in [-0.2, -0.15) is 0 Å². The molecule has 1 heterocycles. The summed E-state index contributed by atoms with van der Waals surface area (Å²) < 4.78 is 12.7. The maximum absolute atomic E-state index is 12.8. The average Bonchev–Trinajstić information content (AvgIpc) is 3.27. The van der Waals surface area contributed by atoms with Crippen LogP contribution in [-0.2, 0) is 11.8 Å². The van der Waals surface area contributed by atoms with Crippen LogP contribution >= 0.6 is 0 Å². The van der Waals surface area contributed by atoms with Crippen LogP contribution in [0.2, 0.25) is 0 Å². The molecule has 1 saturated carbocycles. The van der Waals surface area contributed by atoms with Crippen molar-refractivity contribution in [3.63, 3.8) is 0 Å². The first-order valence-corrected chi connectivity index (χ1v) is 8.78. The quantitative estimate of drug-likeness (QED) is 0.821. The minimum Gasteiger partial charge on any atom is -0.497 e. The molecule has 0 spiro atoms. The number of hydrogen-bond acceptors (Lipinski definition) is 5. The van der Waals surface area contributed by atoms with Crippen molar-refractivity contribution in [2.24, 2.45) is 18.7 Å². The largest absolute Gasteiger partial charge is 0.497 e. The molecule has 1 aromatic carbocycles. The number of imidazole rings is 1. The normalized spacial score (nSPS) is 20.6. The molecule has 0 aliphatic heterocycles. The molecule has 3 unspecified atom stereocenters. The second kappa shape index (κ2) is 7.78. The van der Waals surface area contributed by atoms with Gasteiger partial charge in [0.25, 0.3) is 0 Å². The summed E-state index contributed by atoms with van der Waals surface area (Å²) in [5, 5.41) is 3.15. The minimum absolute atomic E-state index is 0.00716. The van der Waals surface area contributed by atoms with Gasteiger partial charge in [0.1, 0.15) is 23.4 Å². The number of hydrogen-bond donors (Lipinski definition) is 2. The van der Waals surface area contributed by atoms with Crippen LogP contribution in [0, 0.1) is 5.92 Å². The van der Waals surface area contributed by atoms with Crippen molar-refractivity contribution >= 4 is 5.91 Å². The lowest BCUT2D eigenvalue weighted by atomic mass is 10.0. The summed E-state index contributed by atoms with van der Waals surface area (Å²) in [4.78, 5) is 17.3. The summed E-state index contributed by atoms with van der Waals surface area (Å²) >= 11 is 0. The number of nitrogens with zero attached hydrogens (tertiary/aromatic N) is 2. The highest BCUT2D eigenvalue weighted by atomic mass is 16.5. The summed E-state index contributed by atoms with van der Waals surface area (Å²) in [6, 6.07) is 5.29. The number of methoxy groups -OCH3 is 2. The van der Waals surface area contributed by atoms with E-state index in [-0.39, 0.29) is 17.9 Å². The van der Waals surface area contributed by atoms with Crippen LogP contribution < -0.4 is 20.5 Å². The van der Waals surface area contributed by atoms with Crippen molar-refractivity contribution in [3.8, 4) is 11.5 Å². The van der Waals surface area contributed by atoms with E-state index in [1.807, 2.05) is 29.9 Å². The van der Waals surface area contributed by atoms with Gasteiger partial charge in [0.05, 0.1) is 14.2 Å². The highest BCUT2D eigenvalue weighted by Gasteiger charge is 2.31. The molecular weight excluding hydrogens is 332 g/mol. The second-order valence-corrected chi connectivity index (χ2v) is 6.75. The zero-order valence-electron chi connectivity index (χ0n) is 15.4. The molecule has 26 heavy (non-hydrogen) atoms. The van der Waals surface area contributed by atoms with Crippen LogP contribution in [-0.4, -0.2) is 35.7 Å². The number of ether oxygens (including phenoxy) is 2. The number of aromatic nitrogens is 2. The maximum Gasteiger partial charge on any atom is 0.224 e. The summed E-state index contributed by atoms with van der Waals surface area (Å²) in [5.41, 5.74) is 6.82. The van der Waals surface area contributed by atoms with Crippen LogP contribution in [0.4, 0.5) is 0 Å². The Balaban J connectivity index is 1.94. The van der Waals surface area contributed by atoms with Gasteiger partial charge < -0.3 is 25.1 Å². The predicted octanol–water partition coefficient (Wildman–Crippen LogP) is 1.77. The third kappa shape index (κ3) is 3.83. The molecule has 1 aromatic heterocycles. The minimum atomic E-state index is -0.400. The number of carbonyl (C=O) groups is 1. The Morgan fingerprint density at radius 2 is 1.96 bits per heavy atom. The van der Waals surface area contributed by atoms with Crippen molar-refractivity contribution in [3.05, 3.63) is 42.0 Å². The third-order valence-corrected chi connectivity index (χ3v) is 4.95. The average molecular weight is 358 g/mol. The van der Waals surface area contributed by atoms with E-state index >= 15 is 0 Å². The van der Waals surface area contributed by atoms with E-state index in [0.29, 0.717) is 11.5 Å². The number of nitrogens with two attached hydrogens (primary N) is 1. The zero-order valence-corrected chi connectivity index (χ0v) is 15.4. The standard InChI is InChI=1S/C19H26N4O3/c1-23-7-6-21-18(23)17(22-19(24)12-4-5-14(20)8-12)13-9-15(25-2)11-16(10-13)26-3/h6-7,9-12,14,17H,4-5,8,20H2,1-3H3,(H,22,24). The molecule has 7 nitrogen and oxygen atoms in total. The Labute approximate surface area is 153 Å². The van der Waals surface area contributed by atoms with E-state index in [4.69, 9.17) is 15.2 Å². The fraction of sp³-hybridized carbons (Fsp3) is 0.474. The Kier molecular flexibility index (Phi) is 5.46. The number of rotatable bonds is 6. The SMILES string of the molecule is COc1cc(OC)cc(C(NC(=O)C2CCC(N)C2)c2nccn2C)c1. The number of benzene rings is 1. The molecular formula is C19H26N4O3. The van der Waals surface area contributed by atoms with Crippen molar-refractivity contribution < 1.29 is 14.3 Å². The van der Waals surface area contributed by atoms with Gasteiger partial charge >= 0.3 is 0 Å². The van der Waals surface area contributed by atoms with Crippen molar-refractivity contribution in [1.29, 1.82) is 0 Å². The van der Waals surface area contributed by atoms with E-state index in [2.05, 4.69) is 10.3 Å². The van der Waals surface area contributed by atoms with Crippen LogP contribution in [0.15, 0.2) is 30.6 Å². The molecule has 0 bridgehead atoms. The molecule has 7 heteroatoms.